The molecule has 23 rings (SSSR count). The van der Waals surface area contributed by atoms with E-state index in [2.05, 4.69) is 400 Å². The largest absolute Gasteiger partial charge is 0.0622 e. The quantitative estimate of drug-likeness (QED) is 0.133. The first-order valence-electron chi connectivity index (χ1n) is 38.4. The molecule has 0 aliphatic rings. The van der Waals surface area contributed by atoms with Gasteiger partial charge in [-0.3, -0.25) is 0 Å². The Morgan fingerprint density at radius 2 is 0.245 bits per heavy atom. The van der Waals surface area contributed by atoms with Crippen LogP contribution in [0.25, 0.3) is 240 Å². The van der Waals surface area contributed by atoms with E-state index in [1.165, 1.54) is 229 Å². The summed E-state index contributed by atoms with van der Waals surface area (Å²) >= 11 is 0. The van der Waals surface area contributed by atoms with Gasteiger partial charge in [0.05, 0.1) is 0 Å². The van der Waals surface area contributed by atoms with Crippen molar-refractivity contribution in [3.8, 4) is 89.0 Å². The molecule has 0 saturated carbocycles. The molecule has 0 atom stereocenters. The topological polar surface area (TPSA) is 0 Å². The van der Waals surface area contributed by atoms with Gasteiger partial charge in [0.1, 0.15) is 0 Å². The predicted molar refractivity (Wildman–Crippen MR) is 475 cm³/mol. The summed E-state index contributed by atoms with van der Waals surface area (Å²) in [5, 5.41) is 34.0. The Balaban J connectivity index is 0.852. The zero-order valence-corrected chi connectivity index (χ0v) is 60.1. The average molecular weight is 1390 g/mol. The lowest BCUT2D eigenvalue weighted by atomic mass is 9.78. The molecule has 23 aromatic carbocycles. The van der Waals surface area contributed by atoms with Crippen LogP contribution in [0.5, 0.6) is 0 Å². The maximum absolute atomic E-state index is 2.58. The van der Waals surface area contributed by atoms with E-state index in [1.807, 2.05) is 0 Å². The fourth-order valence-corrected chi connectivity index (χ4v) is 19.3. The molecule has 0 nitrogen and oxygen atoms in total. The molecule has 110 heavy (non-hydrogen) atoms. The van der Waals surface area contributed by atoms with Gasteiger partial charge in [-0.1, -0.05) is 352 Å². The van der Waals surface area contributed by atoms with Gasteiger partial charge in [0.2, 0.25) is 0 Å². The Morgan fingerprint density at radius 1 is 0.0818 bits per heavy atom. The SMILES string of the molecule is c1ccc(-c2ccc3c(-c4c5ccccc5cc5ccccc45)c4cc(-c5c6ccccc6c(-c6ccc7c(-c8c9ccccc9cc9ccccc89)c8cc(-c9ccccc9)ccc8c(-c8c9ccccc9cc9ccccc89)c7c6)c6ccccc56)ccc4c(-c4c5ccccc5cc5ccccc45)c3c2)cc1. The predicted octanol–water partition coefficient (Wildman–Crippen LogP) is 31.2. The second-order valence-corrected chi connectivity index (χ2v) is 29.9. The van der Waals surface area contributed by atoms with Crippen molar-refractivity contribution in [3.05, 3.63) is 400 Å². The zero-order chi connectivity index (χ0) is 72.1. The number of fused-ring (bicyclic) bond motifs is 14. The van der Waals surface area contributed by atoms with Crippen molar-refractivity contribution in [2.75, 3.05) is 0 Å². The van der Waals surface area contributed by atoms with Crippen LogP contribution in [-0.4, -0.2) is 0 Å². The Labute approximate surface area is 635 Å². The van der Waals surface area contributed by atoms with Gasteiger partial charge >= 0.3 is 0 Å². The van der Waals surface area contributed by atoms with E-state index in [0.29, 0.717) is 0 Å². The molecule has 0 spiro atoms. The molecule has 0 amide bonds. The molecule has 0 heterocycles. The minimum Gasteiger partial charge on any atom is -0.0622 e. The van der Waals surface area contributed by atoms with Crippen molar-refractivity contribution in [1.29, 1.82) is 0 Å². The third-order valence-corrected chi connectivity index (χ3v) is 24.0. The van der Waals surface area contributed by atoms with Crippen molar-refractivity contribution in [1.82, 2.24) is 0 Å². The lowest BCUT2D eigenvalue weighted by Crippen LogP contribution is -1.97. The van der Waals surface area contributed by atoms with E-state index in [0.717, 1.165) is 11.1 Å². The summed E-state index contributed by atoms with van der Waals surface area (Å²) in [7, 11) is 0. The van der Waals surface area contributed by atoms with Gasteiger partial charge in [0.25, 0.3) is 0 Å². The summed E-state index contributed by atoms with van der Waals surface area (Å²) in [6.07, 6.45) is 0. The highest BCUT2D eigenvalue weighted by molar-refractivity contribution is 6.35. The molecule has 506 valence electrons. The van der Waals surface area contributed by atoms with Gasteiger partial charge in [0, 0.05) is 0 Å². The van der Waals surface area contributed by atoms with Crippen LogP contribution < -0.4 is 0 Å². The summed E-state index contributed by atoms with van der Waals surface area (Å²) < 4.78 is 0. The number of hydrogen-bond donors (Lipinski definition) is 0. The van der Waals surface area contributed by atoms with Crippen LogP contribution in [0.4, 0.5) is 0 Å². The maximum atomic E-state index is 2.58. The van der Waals surface area contributed by atoms with E-state index in [9.17, 15) is 0 Å². The summed E-state index contributed by atoms with van der Waals surface area (Å²) in [4.78, 5) is 0. The van der Waals surface area contributed by atoms with E-state index in [-0.39, 0.29) is 0 Å². The number of hydrogen-bond acceptors (Lipinski definition) is 0. The lowest BCUT2D eigenvalue weighted by Gasteiger charge is -2.24. The third-order valence-electron chi connectivity index (χ3n) is 24.0. The van der Waals surface area contributed by atoms with Crippen LogP contribution in [-0.2, 0) is 0 Å². The minimum absolute atomic E-state index is 1.16. The molecule has 23 aromatic rings. The standard InChI is InChI=1S/C110H66/c1-3-27-67(28-4-1)69-51-55-93-97(63-69)107(103-81-39-15-7-31-71(81)59-72-32-8-16-40-82(72)103)95-57-53-79(65-99(95)109(93)105-85-43-19-11-35-75(85)61-76-36-12-20-44-86(76)105)101-89-47-23-25-49-91(89)102(92-50-26-24-48-90(92)101)80-54-58-96-100(66-80)110(106-87-45-21-13-37-77(87)62-78-38-14-22-46-88(78)106)94-56-52-70(68-29-5-2-6-30-68)64-98(94)108(96)104-83-41-17-9-33-73(83)60-74-34-10-18-42-84(74)104/h1-66H. The van der Waals surface area contributed by atoms with E-state index in [4.69, 9.17) is 0 Å². The van der Waals surface area contributed by atoms with E-state index < -0.39 is 0 Å². The van der Waals surface area contributed by atoms with Gasteiger partial charge in [0.15, 0.2) is 0 Å². The molecule has 0 N–H and O–H groups in total. The highest BCUT2D eigenvalue weighted by atomic mass is 14.3. The molecule has 0 aliphatic carbocycles. The molecule has 0 aromatic heterocycles. The molecular formula is C110H66. The first-order valence-corrected chi connectivity index (χ1v) is 38.4. The van der Waals surface area contributed by atoms with Crippen LogP contribution in [0.3, 0.4) is 0 Å². The Bertz CT molecular complexity index is 7140. The van der Waals surface area contributed by atoms with Crippen molar-refractivity contribution in [3.63, 3.8) is 0 Å². The van der Waals surface area contributed by atoms with Crippen LogP contribution in [0, 0.1) is 0 Å². The number of benzene rings is 23. The zero-order valence-electron chi connectivity index (χ0n) is 60.1. The van der Waals surface area contributed by atoms with Gasteiger partial charge in [-0.05, 0) is 288 Å². The fraction of sp³-hybridized carbons (Fsp3) is 0. The van der Waals surface area contributed by atoms with Crippen LogP contribution >= 0.6 is 0 Å². The lowest BCUT2D eigenvalue weighted by molar-refractivity contribution is 1.64. The summed E-state index contributed by atoms with van der Waals surface area (Å²) in [6.45, 7) is 0. The molecule has 0 saturated heterocycles. The molecular weight excluding hydrogens is 1320 g/mol. The third kappa shape index (κ3) is 9.46. The molecule has 0 aliphatic heterocycles. The molecule has 0 unspecified atom stereocenters. The summed E-state index contributed by atoms with van der Waals surface area (Å²) in [6, 6.07) is 152. The molecule has 0 fully saturated rings. The summed E-state index contributed by atoms with van der Waals surface area (Å²) in [5.41, 5.74) is 19.4. The first-order chi connectivity index (χ1) is 54.6. The smallest absolute Gasteiger partial charge is 0.00137 e. The van der Waals surface area contributed by atoms with Gasteiger partial charge in [-0.25, -0.2) is 0 Å². The minimum atomic E-state index is 1.16. The highest BCUT2D eigenvalue weighted by Gasteiger charge is 2.29. The van der Waals surface area contributed by atoms with Gasteiger partial charge in [-0.2, -0.15) is 0 Å². The summed E-state index contributed by atoms with van der Waals surface area (Å²) in [5.74, 6) is 0. The van der Waals surface area contributed by atoms with Crippen LogP contribution in [0.1, 0.15) is 0 Å². The van der Waals surface area contributed by atoms with E-state index in [1.54, 1.807) is 0 Å². The average Bonchev–Trinajstić information content (AvgIpc) is 0.706. The Morgan fingerprint density at radius 3 is 0.473 bits per heavy atom. The molecule has 0 radical (unpaired) electrons. The van der Waals surface area contributed by atoms with Crippen molar-refractivity contribution >= 4 is 151 Å². The molecule has 0 heteroatoms. The normalized spacial score (nSPS) is 12.0. The second kappa shape index (κ2) is 24.6. The van der Waals surface area contributed by atoms with Gasteiger partial charge < -0.3 is 0 Å². The first kappa shape index (κ1) is 62.0. The second-order valence-electron chi connectivity index (χ2n) is 29.9. The van der Waals surface area contributed by atoms with Gasteiger partial charge in [-0.15, -0.1) is 0 Å². The maximum Gasteiger partial charge on any atom is -0.00137 e. The van der Waals surface area contributed by atoms with Crippen molar-refractivity contribution in [2.24, 2.45) is 0 Å². The molecule has 0 bridgehead atoms. The Hall–Kier alpha value is -14.3. The Kier molecular flexibility index (Phi) is 13.9. The number of rotatable bonds is 8. The van der Waals surface area contributed by atoms with Crippen LogP contribution in [0.15, 0.2) is 400 Å². The fourth-order valence-electron chi connectivity index (χ4n) is 19.3. The van der Waals surface area contributed by atoms with E-state index >= 15 is 0 Å². The van der Waals surface area contributed by atoms with Crippen molar-refractivity contribution < 1.29 is 0 Å². The highest BCUT2D eigenvalue weighted by Crippen LogP contribution is 2.56. The van der Waals surface area contributed by atoms with Crippen molar-refractivity contribution in [2.45, 2.75) is 0 Å². The monoisotopic (exact) mass is 1390 g/mol. The van der Waals surface area contributed by atoms with Crippen LogP contribution in [0.2, 0.25) is 0 Å².